The van der Waals surface area contributed by atoms with Crippen LogP contribution in [0.5, 0.6) is 0 Å². The van der Waals surface area contributed by atoms with Crippen LogP contribution in [-0.2, 0) is 9.53 Å². The minimum absolute atomic E-state index is 0. The van der Waals surface area contributed by atoms with Crippen LogP contribution in [0.1, 0.15) is 6.42 Å². The lowest BCUT2D eigenvalue weighted by Gasteiger charge is -2.11. The molecule has 74 valence electrons. The number of likely N-dealkylation sites (N-methyl/N-ethyl adjacent to an activating group) is 1. The van der Waals surface area contributed by atoms with Crippen LogP contribution in [0.25, 0.3) is 0 Å². The van der Waals surface area contributed by atoms with Crippen molar-refractivity contribution >= 4 is 30.1 Å². The van der Waals surface area contributed by atoms with Gasteiger partial charge < -0.3 is 10.1 Å². The molecule has 0 heterocycles. The Hall–Kier alpha value is 0.0700. The number of carbonyl (C=O) groups excluding carboxylic acids is 1. The second kappa shape index (κ2) is 9.16. The molecule has 0 aromatic carbocycles. The Bertz CT molecular complexity index is 124. The zero-order valence-electron chi connectivity index (χ0n) is 7.62. The molecule has 0 saturated heterocycles. The number of esters is 1. The third kappa shape index (κ3) is 5.69. The fourth-order valence-corrected chi connectivity index (χ4v) is 1.23. The van der Waals surface area contributed by atoms with Gasteiger partial charge in [0.05, 0.1) is 7.11 Å². The molecule has 1 N–H and O–H groups in total. The van der Waals surface area contributed by atoms with Crippen molar-refractivity contribution in [2.75, 3.05) is 26.2 Å². The largest absolute Gasteiger partial charge is 0.468 e. The van der Waals surface area contributed by atoms with Crippen LogP contribution in [0.4, 0.5) is 0 Å². The van der Waals surface area contributed by atoms with Crippen molar-refractivity contribution < 1.29 is 9.53 Å². The number of halogens is 1. The van der Waals surface area contributed by atoms with E-state index >= 15 is 0 Å². The molecule has 5 heteroatoms. The third-order valence-electron chi connectivity index (χ3n) is 1.44. The maximum atomic E-state index is 11.0. The number of thioether (sulfide) groups is 1. The van der Waals surface area contributed by atoms with E-state index in [4.69, 9.17) is 0 Å². The molecule has 0 fully saturated rings. The Morgan fingerprint density at radius 2 is 2.25 bits per heavy atom. The molecule has 0 rings (SSSR count). The lowest BCUT2D eigenvalue weighted by molar-refractivity contribution is -0.143. The summed E-state index contributed by atoms with van der Waals surface area (Å²) in [5, 5.41) is 2.90. The van der Waals surface area contributed by atoms with E-state index < -0.39 is 0 Å². The van der Waals surface area contributed by atoms with Gasteiger partial charge in [-0.25, -0.2) is 0 Å². The van der Waals surface area contributed by atoms with Gasteiger partial charge in [-0.2, -0.15) is 11.8 Å². The first-order chi connectivity index (χ1) is 5.26. The number of methoxy groups -OCH3 is 1. The van der Waals surface area contributed by atoms with E-state index in [2.05, 4.69) is 10.1 Å². The highest BCUT2D eigenvalue weighted by Crippen LogP contribution is 2.01. The molecule has 0 bridgehead atoms. The van der Waals surface area contributed by atoms with Gasteiger partial charge in [0, 0.05) is 0 Å². The molecule has 1 atom stereocenters. The number of rotatable bonds is 5. The number of ether oxygens (including phenoxy) is 1. The van der Waals surface area contributed by atoms with Crippen molar-refractivity contribution in [2.24, 2.45) is 0 Å². The fraction of sp³-hybridized carbons (Fsp3) is 0.857. The molecule has 0 radical (unpaired) electrons. The van der Waals surface area contributed by atoms with Crippen LogP contribution in [-0.4, -0.2) is 38.2 Å². The number of hydrogen-bond donors (Lipinski definition) is 1. The van der Waals surface area contributed by atoms with Crippen LogP contribution in [0.3, 0.4) is 0 Å². The third-order valence-corrected chi connectivity index (χ3v) is 2.09. The fourth-order valence-electron chi connectivity index (χ4n) is 0.758. The molecule has 0 amide bonds. The Balaban J connectivity index is 0. The van der Waals surface area contributed by atoms with Crippen molar-refractivity contribution in [3.63, 3.8) is 0 Å². The summed E-state index contributed by atoms with van der Waals surface area (Å²) in [6, 6.07) is -0.146. The summed E-state index contributed by atoms with van der Waals surface area (Å²) in [5.41, 5.74) is 0. The zero-order valence-corrected chi connectivity index (χ0v) is 9.26. The molecule has 3 nitrogen and oxygen atoms in total. The Morgan fingerprint density at radius 1 is 1.67 bits per heavy atom. The van der Waals surface area contributed by atoms with Crippen LogP contribution in [0.15, 0.2) is 0 Å². The second-order valence-electron chi connectivity index (χ2n) is 2.15. The highest BCUT2D eigenvalue weighted by atomic mass is 35.5. The molecule has 0 spiro atoms. The second-order valence-corrected chi connectivity index (χ2v) is 3.13. The first-order valence-corrected chi connectivity index (χ1v) is 4.89. The van der Waals surface area contributed by atoms with Gasteiger partial charge >= 0.3 is 5.97 Å². The normalized spacial score (nSPS) is 11.6. The summed E-state index contributed by atoms with van der Waals surface area (Å²) >= 11 is 1.73. The molecule has 0 aliphatic carbocycles. The maximum absolute atomic E-state index is 11.0. The van der Waals surface area contributed by atoms with Gasteiger partial charge in [0.1, 0.15) is 6.04 Å². The van der Waals surface area contributed by atoms with E-state index in [0.717, 1.165) is 12.2 Å². The van der Waals surface area contributed by atoms with Gasteiger partial charge in [0.25, 0.3) is 0 Å². The van der Waals surface area contributed by atoms with E-state index in [1.165, 1.54) is 7.11 Å². The molecule has 0 aliphatic rings. The van der Waals surface area contributed by atoms with Gasteiger partial charge in [0.15, 0.2) is 0 Å². The molecule has 0 aromatic rings. The van der Waals surface area contributed by atoms with Gasteiger partial charge in [-0.3, -0.25) is 4.79 Å². The van der Waals surface area contributed by atoms with Crippen molar-refractivity contribution in [1.29, 1.82) is 0 Å². The molecule has 0 aromatic heterocycles. The lowest BCUT2D eigenvalue weighted by Crippen LogP contribution is -2.35. The minimum Gasteiger partial charge on any atom is -0.468 e. The van der Waals surface area contributed by atoms with E-state index in [-0.39, 0.29) is 24.4 Å². The number of carbonyl (C=O) groups is 1. The summed E-state index contributed by atoms with van der Waals surface area (Å²) < 4.78 is 4.59. The first kappa shape index (κ1) is 14.6. The monoisotopic (exact) mass is 213 g/mol. The van der Waals surface area contributed by atoms with Gasteiger partial charge in [-0.05, 0) is 25.5 Å². The van der Waals surface area contributed by atoms with Gasteiger partial charge in [0.2, 0.25) is 0 Å². The average Bonchev–Trinajstić information content (AvgIpc) is 2.05. The summed E-state index contributed by atoms with van der Waals surface area (Å²) in [7, 11) is 3.17. The van der Waals surface area contributed by atoms with Gasteiger partial charge in [-0.1, -0.05) is 0 Å². The smallest absolute Gasteiger partial charge is 0.322 e. The van der Waals surface area contributed by atoms with Gasteiger partial charge in [-0.15, -0.1) is 12.4 Å². The Labute approximate surface area is 84.0 Å². The first-order valence-electron chi connectivity index (χ1n) is 3.50. The Kier molecular flexibility index (Phi) is 11.1. The summed E-state index contributed by atoms with van der Waals surface area (Å²) in [6.07, 6.45) is 2.84. The van der Waals surface area contributed by atoms with Crippen molar-refractivity contribution in [3.8, 4) is 0 Å². The molecule has 0 saturated carbocycles. The number of nitrogens with one attached hydrogen (secondary N) is 1. The van der Waals surface area contributed by atoms with E-state index in [0.29, 0.717) is 0 Å². The summed E-state index contributed by atoms with van der Waals surface area (Å²) in [4.78, 5) is 11.0. The Morgan fingerprint density at radius 3 is 2.58 bits per heavy atom. The van der Waals surface area contributed by atoms with Crippen LogP contribution < -0.4 is 5.32 Å². The highest BCUT2D eigenvalue weighted by molar-refractivity contribution is 7.98. The highest BCUT2D eigenvalue weighted by Gasteiger charge is 2.15. The summed E-state index contributed by atoms with van der Waals surface area (Å²) in [6.45, 7) is 0. The quantitative estimate of drug-likeness (QED) is 0.690. The average molecular weight is 214 g/mol. The van der Waals surface area contributed by atoms with Crippen LogP contribution >= 0.6 is 24.2 Å². The lowest BCUT2D eigenvalue weighted by atomic mass is 10.2. The van der Waals surface area contributed by atoms with Crippen LogP contribution in [0, 0.1) is 0 Å². The minimum atomic E-state index is -0.179. The molecule has 0 unspecified atom stereocenters. The van der Waals surface area contributed by atoms with Crippen molar-refractivity contribution in [3.05, 3.63) is 0 Å². The molecule has 12 heavy (non-hydrogen) atoms. The SMILES string of the molecule is CN[C@@H](CCSC)C(=O)OC.Cl. The number of hydrogen-bond acceptors (Lipinski definition) is 4. The predicted molar refractivity (Wildman–Crippen MR) is 55.1 cm³/mol. The topological polar surface area (TPSA) is 38.3 Å². The van der Waals surface area contributed by atoms with E-state index in [9.17, 15) is 4.79 Å². The molecule has 0 aliphatic heterocycles. The van der Waals surface area contributed by atoms with Crippen molar-refractivity contribution in [2.45, 2.75) is 12.5 Å². The molecular formula is C7H16ClNO2S. The summed E-state index contributed by atoms with van der Waals surface area (Å²) in [5.74, 6) is 0.794. The maximum Gasteiger partial charge on any atom is 0.322 e. The predicted octanol–water partition coefficient (Wildman–Crippen LogP) is 0.922. The van der Waals surface area contributed by atoms with E-state index in [1.54, 1.807) is 18.8 Å². The van der Waals surface area contributed by atoms with Crippen LogP contribution in [0.2, 0.25) is 0 Å². The molecular weight excluding hydrogens is 198 g/mol. The van der Waals surface area contributed by atoms with Crippen molar-refractivity contribution in [1.82, 2.24) is 5.32 Å². The standard InChI is InChI=1S/C7H15NO2S.ClH/c1-8-6(4-5-11-3)7(9)10-2;/h6,8H,4-5H2,1-3H3;1H/t6-;/m0./s1. The van der Waals surface area contributed by atoms with E-state index in [1.807, 2.05) is 6.26 Å². The zero-order chi connectivity index (χ0) is 8.69.